The summed E-state index contributed by atoms with van der Waals surface area (Å²) < 4.78 is 8.51. The van der Waals surface area contributed by atoms with Gasteiger partial charge >= 0.3 is 0 Å². The number of hydrogen-bond acceptors (Lipinski definition) is 3. The van der Waals surface area contributed by atoms with E-state index in [1.165, 1.54) is 30.5 Å². The normalized spacial score (nSPS) is 17.5. The van der Waals surface area contributed by atoms with Crippen LogP contribution in [0.4, 0.5) is 0 Å². The Morgan fingerprint density at radius 2 is 2.14 bits per heavy atom. The molecule has 3 rings (SSSR count). The number of benzene rings is 1. The third kappa shape index (κ3) is 4.36. The van der Waals surface area contributed by atoms with E-state index in [4.69, 9.17) is 16.3 Å². The second-order valence-corrected chi connectivity index (χ2v) is 9.82. The highest BCUT2D eigenvalue weighted by atomic mass is 35.5. The molecule has 0 saturated carbocycles. The fourth-order valence-electron chi connectivity index (χ4n) is 3.92. The van der Waals surface area contributed by atoms with Gasteiger partial charge in [0, 0.05) is 21.8 Å². The summed E-state index contributed by atoms with van der Waals surface area (Å²) in [7, 11) is 1.55. The van der Waals surface area contributed by atoms with Gasteiger partial charge < -0.3 is 4.74 Å². The van der Waals surface area contributed by atoms with Crippen molar-refractivity contribution in [3.05, 3.63) is 44.7 Å². The largest absolute Gasteiger partial charge is 0.496 e. The van der Waals surface area contributed by atoms with Crippen molar-refractivity contribution in [1.82, 2.24) is 3.96 Å². The van der Waals surface area contributed by atoms with E-state index in [1.54, 1.807) is 36.8 Å². The average molecular weight is 421 g/mol. The Morgan fingerprint density at radius 1 is 1.39 bits per heavy atom. The lowest BCUT2D eigenvalue weighted by atomic mass is 9.84. The Bertz CT molecular complexity index is 937. The van der Waals surface area contributed by atoms with Crippen LogP contribution in [0.1, 0.15) is 68.6 Å². The molecule has 152 valence electrons. The van der Waals surface area contributed by atoms with Crippen LogP contribution in [-0.4, -0.2) is 17.0 Å². The van der Waals surface area contributed by atoms with Crippen LogP contribution < -0.4 is 9.41 Å². The van der Waals surface area contributed by atoms with E-state index in [0.717, 1.165) is 17.5 Å². The van der Waals surface area contributed by atoms with Gasteiger partial charge in [0.25, 0.3) is 5.91 Å². The Balaban J connectivity index is 2.10. The number of hydrogen-bond donors (Lipinski definition) is 0. The van der Waals surface area contributed by atoms with Crippen molar-refractivity contribution in [2.75, 3.05) is 7.11 Å². The second-order valence-electron chi connectivity index (χ2n) is 8.45. The number of aromatic nitrogens is 1. The zero-order valence-electron chi connectivity index (χ0n) is 17.3. The van der Waals surface area contributed by atoms with E-state index in [9.17, 15) is 4.79 Å². The van der Waals surface area contributed by atoms with E-state index in [0.29, 0.717) is 22.3 Å². The van der Waals surface area contributed by atoms with Gasteiger partial charge in [-0.05, 0) is 75.7 Å². The zero-order valence-corrected chi connectivity index (χ0v) is 18.9. The summed E-state index contributed by atoms with van der Waals surface area (Å²) in [5, 5.41) is 0.500. The Hall–Kier alpha value is -1.59. The summed E-state index contributed by atoms with van der Waals surface area (Å²) in [6.07, 6.45) is 5.68. The van der Waals surface area contributed by atoms with Crippen molar-refractivity contribution in [3.63, 3.8) is 0 Å². The van der Waals surface area contributed by atoms with E-state index in [1.807, 2.05) is 0 Å². The Kier molecular flexibility index (Phi) is 6.35. The minimum absolute atomic E-state index is 0.0308. The zero-order chi connectivity index (χ0) is 20.5. The SMILES string of the molecule is CCCC1CCc2c(c(=NC(=O)c3cc(Cl)ccc3OC)sn2C(C)(C)C)C1. The van der Waals surface area contributed by atoms with Crippen LogP contribution in [0.15, 0.2) is 23.2 Å². The van der Waals surface area contributed by atoms with Crippen LogP contribution in [0.25, 0.3) is 0 Å². The van der Waals surface area contributed by atoms with Crippen molar-refractivity contribution in [3.8, 4) is 5.75 Å². The minimum Gasteiger partial charge on any atom is -0.496 e. The lowest BCUT2D eigenvalue weighted by molar-refractivity contribution is 0.0996. The monoisotopic (exact) mass is 420 g/mol. The fourth-order valence-corrected chi connectivity index (χ4v) is 5.28. The number of ether oxygens (including phenoxy) is 1. The van der Waals surface area contributed by atoms with Crippen molar-refractivity contribution >= 4 is 29.0 Å². The Labute approximate surface area is 176 Å². The van der Waals surface area contributed by atoms with Crippen LogP contribution in [-0.2, 0) is 18.4 Å². The Morgan fingerprint density at radius 3 is 2.79 bits per heavy atom. The average Bonchev–Trinajstić information content (AvgIpc) is 3.00. The maximum Gasteiger partial charge on any atom is 0.282 e. The molecule has 6 heteroatoms. The third-order valence-corrected chi connectivity index (χ3v) is 6.91. The molecule has 0 N–H and O–H groups in total. The number of amides is 1. The van der Waals surface area contributed by atoms with Gasteiger partial charge in [0.05, 0.1) is 12.7 Å². The smallest absolute Gasteiger partial charge is 0.282 e. The molecule has 1 aliphatic carbocycles. The van der Waals surface area contributed by atoms with E-state index < -0.39 is 0 Å². The molecule has 1 amide bonds. The predicted molar refractivity (Wildman–Crippen MR) is 116 cm³/mol. The first-order valence-electron chi connectivity index (χ1n) is 9.91. The van der Waals surface area contributed by atoms with Crippen molar-refractivity contribution in [2.45, 2.75) is 65.3 Å². The predicted octanol–water partition coefficient (Wildman–Crippen LogP) is 5.61. The molecule has 0 aliphatic heterocycles. The minimum atomic E-state index is -0.304. The number of carbonyl (C=O) groups excluding carboxylic acids is 1. The molecule has 28 heavy (non-hydrogen) atoms. The molecule has 0 radical (unpaired) electrons. The standard InChI is InChI=1S/C22H29ClN2O2S/c1-6-7-14-8-10-18-16(12-14)21(28-25(18)22(2,3)4)24-20(26)17-13-15(23)9-11-19(17)27-5/h9,11,13-14H,6-8,10,12H2,1-5H3. The number of fused-ring (bicyclic) bond motifs is 1. The highest BCUT2D eigenvalue weighted by molar-refractivity contribution is 7.04. The van der Waals surface area contributed by atoms with Gasteiger partial charge in [-0.2, -0.15) is 4.99 Å². The number of carbonyl (C=O) groups is 1. The van der Waals surface area contributed by atoms with Gasteiger partial charge in [0.2, 0.25) is 0 Å². The maximum absolute atomic E-state index is 13.0. The molecular weight excluding hydrogens is 392 g/mol. The molecule has 1 aliphatic rings. The number of nitrogens with zero attached hydrogens (tertiary/aromatic N) is 2. The molecule has 1 unspecified atom stereocenters. The van der Waals surface area contributed by atoms with E-state index in [-0.39, 0.29) is 11.4 Å². The summed E-state index contributed by atoms with van der Waals surface area (Å²) in [6, 6.07) is 5.05. The molecule has 1 aromatic carbocycles. The first-order chi connectivity index (χ1) is 13.2. The van der Waals surface area contributed by atoms with Gasteiger partial charge in [0.1, 0.15) is 10.4 Å². The third-order valence-electron chi connectivity index (χ3n) is 5.21. The van der Waals surface area contributed by atoms with Crippen molar-refractivity contribution in [2.24, 2.45) is 10.9 Å². The summed E-state index contributed by atoms with van der Waals surface area (Å²) in [5.74, 6) is 0.864. The maximum atomic E-state index is 13.0. The van der Waals surface area contributed by atoms with Crippen molar-refractivity contribution < 1.29 is 9.53 Å². The molecular formula is C22H29ClN2O2S. The molecule has 2 aromatic rings. The molecule has 1 heterocycles. The first-order valence-corrected chi connectivity index (χ1v) is 11.1. The topological polar surface area (TPSA) is 43.6 Å². The quantitative estimate of drug-likeness (QED) is 0.644. The fraction of sp³-hybridized carbons (Fsp3) is 0.545. The van der Waals surface area contributed by atoms with E-state index >= 15 is 0 Å². The first kappa shape index (κ1) is 21.1. The summed E-state index contributed by atoms with van der Waals surface area (Å²) >= 11 is 7.70. The van der Waals surface area contributed by atoms with Gasteiger partial charge in [-0.15, -0.1) is 0 Å². The molecule has 1 aromatic heterocycles. The molecule has 0 spiro atoms. The summed E-state index contributed by atoms with van der Waals surface area (Å²) in [5.41, 5.74) is 2.96. The molecule has 1 atom stereocenters. The van der Waals surface area contributed by atoms with Crippen LogP contribution in [0.2, 0.25) is 5.02 Å². The van der Waals surface area contributed by atoms with Crippen molar-refractivity contribution in [1.29, 1.82) is 0 Å². The van der Waals surface area contributed by atoms with Gasteiger partial charge in [-0.25, -0.2) is 0 Å². The molecule has 0 fully saturated rings. The van der Waals surface area contributed by atoms with Gasteiger partial charge in [-0.1, -0.05) is 31.4 Å². The molecule has 0 bridgehead atoms. The number of methoxy groups -OCH3 is 1. The lowest BCUT2D eigenvalue weighted by Crippen LogP contribution is -2.25. The number of rotatable bonds is 4. The lowest BCUT2D eigenvalue weighted by Gasteiger charge is -2.27. The van der Waals surface area contributed by atoms with Crippen LogP contribution in [0.3, 0.4) is 0 Å². The molecule has 4 nitrogen and oxygen atoms in total. The second kappa shape index (κ2) is 8.42. The highest BCUT2D eigenvalue weighted by Crippen LogP contribution is 2.32. The van der Waals surface area contributed by atoms with Crippen LogP contribution >= 0.6 is 23.1 Å². The van der Waals surface area contributed by atoms with Crippen LogP contribution in [0, 0.1) is 5.92 Å². The van der Waals surface area contributed by atoms with Gasteiger partial charge in [-0.3, -0.25) is 8.75 Å². The van der Waals surface area contributed by atoms with E-state index in [2.05, 4.69) is 36.6 Å². The highest BCUT2D eigenvalue weighted by Gasteiger charge is 2.28. The van der Waals surface area contributed by atoms with Gasteiger partial charge in [0.15, 0.2) is 0 Å². The van der Waals surface area contributed by atoms with Crippen LogP contribution in [0.5, 0.6) is 5.75 Å². The summed E-state index contributed by atoms with van der Waals surface area (Å²) in [4.78, 5) is 17.5. The summed E-state index contributed by atoms with van der Waals surface area (Å²) in [6.45, 7) is 8.84. The molecule has 0 saturated heterocycles. The number of halogens is 1.